The van der Waals surface area contributed by atoms with Gasteiger partial charge in [-0.05, 0) is 30.2 Å². The Morgan fingerprint density at radius 3 is 2.68 bits per heavy atom. The average molecular weight is 343 g/mol. The molecule has 0 fully saturated rings. The minimum atomic E-state index is -0.745. The van der Waals surface area contributed by atoms with E-state index in [-0.39, 0.29) is 17.6 Å². The van der Waals surface area contributed by atoms with E-state index in [1.165, 1.54) is 13.2 Å². The first kappa shape index (κ1) is 17.0. The van der Waals surface area contributed by atoms with Crippen LogP contribution in [0.2, 0.25) is 0 Å². The van der Waals surface area contributed by atoms with Gasteiger partial charge in [-0.15, -0.1) is 0 Å². The number of amides is 1. The lowest BCUT2D eigenvalue weighted by molar-refractivity contribution is -0.140. The molecule has 1 N–H and O–H groups in total. The van der Waals surface area contributed by atoms with Crippen molar-refractivity contribution in [2.24, 2.45) is 0 Å². The van der Waals surface area contributed by atoms with E-state index in [9.17, 15) is 14.0 Å². The van der Waals surface area contributed by atoms with Crippen LogP contribution in [0.25, 0.3) is 0 Å². The lowest BCUT2D eigenvalue weighted by Crippen LogP contribution is -2.31. The number of carbonyl (C=O) groups is 2. The van der Waals surface area contributed by atoms with Crippen molar-refractivity contribution < 1.29 is 23.5 Å². The van der Waals surface area contributed by atoms with Crippen molar-refractivity contribution in [2.75, 3.05) is 12.4 Å². The number of methoxy groups -OCH3 is 1. The minimum absolute atomic E-state index is 0.154. The van der Waals surface area contributed by atoms with Crippen LogP contribution in [0.15, 0.2) is 42.5 Å². The van der Waals surface area contributed by atoms with Gasteiger partial charge in [0.15, 0.2) is 17.7 Å². The number of halogens is 1. The Morgan fingerprint density at radius 1 is 1.24 bits per heavy atom. The summed E-state index contributed by atoms with van der Waals surface area (Å²) in [6.45, 7) is 0. The maximum Gasteiger partial charge on any atom is 0.305 e. The van der Waals surface area contributed by atoms with Gasteiger partial charge in [-0.25, -0.2) is 4.39 Å². The zero-order chi connectivity index (χ0) is 17.8. The van der Waals surface area contributed by atoms with Gasteiger partial charge < -0.3 is 14.8 Å². The minimum Gasteiger partial charge on any atom is -0.477 e. The van der Waals surface area contributed by atoms with E-state index < -0.39 is 11.9 Å². The number of rotatable bonds is 5. The van der Waals surface area contributed by atoms with Gasteiger partial charge in [0.05, 0.1) is 7.11 Å². The third kappa shape index (κ3) is 3.96. The molecule has 2 aromatic rings. The largest absolute Gasteiger partial charge is 0.477 e. The molecule has 0 unspecified atom stereocenters. The number of para-hydroxylation sites is 1. The van der Waals surface area contributed by atoms with E-state index in [0.717, 1.165) is 5.56 Å². The maximum atomic E-state index is 13.7. The Morgan fingerprint density at radius 2 is 2.00 bits per heavy atom. The number of carbonyl (C=O) groups excluding carboxylic acids is 2. The summed E-state index contributed by atoms with van der Waals surface area (Å²) >= 11 is 0. The molecule has 1 atom stereocenters. The van der Waals surface area contributed by atoms with Crippen molar-refractivity contribution in [3.05, 3.63) is 59.4 Å². The molecule has 0 radical (unpaired) electrons. The fourth-order valence-electron chi connectivity index (χ4n) is 2.70. The molecular formula is C19H18FNO4. The van der Waals surface area contributed by atoms with E-state index in [4.69, 9.17) is 4.74 Å². The van der Waals surface area contributed by atoms with E-state index in [2.05, 4.69) is 10.1 Å². The number of hydrogen-bond acceptors (Lipinski definition) is 4. The normalized spacial score (nSPS) is 15.2. The van der Waals surface area contributed by atoms with Crippen LogP contribution in [0, 0.1) is 5.82 Å². The number of anilines is 1. The van der Waals surface area contributed by atoms with Crippen LogP contribution in [0.5, 0.6) is 5.75 Å². The Bertz CT molecular complexity index is 789. The molecule has 2 aromatic carbocycles. The second kappa shape index (κ2) is 7.34. The van der Waals surface area contributed by atoms with Gasteiger partial charge in [0.2, 0.25) is 0 Å². The summed E-state index contributed by atoms with van der Waals surface area (Å²) in [6, 6.07) is 11.9. The van der Waals surface area contributed by atoms with Gasteiger partial charge in [0.25, 0.3) is 5.91 Å². The monoisotopic (exact) mass is 343 g/mol. The SMILES string of the molecule is COC(=O)CCc1ccc(NC(=O)[C@H]2Cc3cccc(F)c3O2)cc1. The zero-order valence-corrected chi connectivity index (χ0v) is 13.8. The van der Waals surface area contributed by atoms with Crippen LogP contribution < -0.4 is 10.1 Å². The Kier molecular flexibility index (Phi) is 4.97. The number of fused-ring (bicyclic) bond motifs is 1. The van der Waals surface area contributed by atoms with Gasteiger partial charge in [-0.1, -0.05) is 24.3 Å². The van der Waals surface area contributed by atoms with Crippen molar-refractivity contribution in [1.29, 1.82) is 0 Å². The molecule has 0 saturated carbocycles. The highest BCUT2D eigenvalue weighted by molar-refractivity contribution is 5.95. The maximum absolute atomic E-state index is 13.7. The highest BCUT2D eigenvalue weighted by atomic mass is 19.1. The van der Waals surface area contributed by atoms with Crippen molar-refractivity contribution in [2.45, 2.75) is 25.4 Å². The summed E-state index contributed by atoms with van der Waals surface area (Å²) in [5.41, 5.74) is 2.28. The number of hydrogen-bond donors (Lipinski definition) is 1. The number of aryl methyl sites for hydroxylation is 1. The molecule has 25 heavy (non-hydrogen) atoms. The fourth-order valence-corrected chi connectivity index (χ4v) is 2.70. The molecule has 0 aromatic heterocycles. The van der Waals surface area contributed by atoms with Gasteiger partial charge in [0.1, 0.15) is 0 Å². The summed E-state index contributed by atoms with van der Waals surface area (Å²) in [5.74, 6) is -0.885. The van der Waals surface area contributed by atoms with Crippen LogP contribution in [0.1, 0.15) is 17.5 Å². The van der Waals surface area contributed by atoms with Gasteiger partial charge in [-0.3, -0.25) is 9.59 Å². The van der Waals surface area contributed by atoms with Crippen LogP contribution in [0.3, 0.4) is 0 Å². The van der Waals surface area contributed by atoms with Gasteiger partial charge in [0, 0.05) is 24.1 Å². The number of esters is 1. The van der Waals surface area contributed by atoms with Gasteiger partial charge in [-0.2, -0.15) is 0 Å². The molecule has 1 aliphatic heterocycles. The van der Waals surface area contributed by atoms with E-state index >= 15 is 0 Å². The third-order valence-electron chi connectivity index (χ3n) is 4.07. The predicted molar refractivity (Wildman–Crippen MR) is 89.9 cm³/mol. The van der Waals surface area contributed by atoms with Crippen molar-refractivity contribution in [3.8, 4) is 5.75 Å². The standard InChI is InChI=1S/C19H18FNO4/c1-24-17(22)10-7-12-5-8-14(9-6-12)21-19(23)16-11-13-3-2-4-15(20)18(13)25-16/h2-6,8-9,16H,7,10-11H2,1H3,(H,21,23)/t16-/m1/s1. The molecule has 1 amide bonds. The Hall–Kier alpha value is -2.89. The molecule has 0 saturated heterocycles. The van der Waals surface area contributed by atoms with E-state index in [0.29, 0.717) is 30.5 Å². The fraction of sp³-hybridized carbons (Fsp3) is 0.263. The molecule has 6 heteroatoms. The Balaban J connectivity index is 1.57. The van der Waals surface area contributed by atoms with E-state index in [1.54, 1.807) is 24.3 Å². The predicted octanol–water partition coefficient (Wildman–Crippen LogP) is 2.87. The summed E-state index contributed by atoms with van der Waals surface area (Å²) in [4.78, 5) is 23.5. The van der Waals surface area contributed by atoms with Crippen LogP contribution in [-0.2, 0) is 27.2 Å². The lowest BCUT2D eigenvalue weighted by atomic mass is 10.1. The van der Waals surface area contributed by atoms with Gasteiger partial charge >= 0.3 is 5.97 Å². The quantitative estimate of drug-likeness (QED) is 0.848. The smallest absolute Gasteiger partial charge is 0.305 e. The Labute approximate surface area is 144 Å². The summed E-state index contributed by atoms with van der Waals surface area (Å²) in [5, 5.41) is 2.76. The molecule has 3 rings (SSSR count). The van der Waals surface area contributed by atoms with Crippen molar-refractivity contribution in [1.82, 2.24) is 0 Å². The van der Waals surface area contributed by atoms with Crippen molar-refractivity contribution in [3.63, 3.8) is 0 Å². The number of benzene rings is 2. The number of nitrogens with one attached hydrogen (secondary N) is 1. The average Bonchev–Trinajstić information content (AvgIpc) is 3.07. The summed E-state index contributed by atoms with van der Waals surface area (Å²) < 4.78 is 23.7. The molecule has 1 aliphatic rings. The molecular weight excluding hydrogens is 325 g/mol. The number of ether oxygens (including phenoxy) is 2. The molecule has 5 nitrogen and oxygen atoms in total. The van der Waals surface area contributed by atoms with Crippen LogP contribution in [-0.4, -0.2) is 25.1 Å². The second-order valence-corrected chi connectivity index (χ2v) is 5.80. The molecule has 1 heterocycles. The van der Waals surface area contributed by atoms with Crippen LogP contribution in [0.4, 0.5) is 10.1 Å². The second-order valence-electron chi connectivity index (χ2n) is 5.80. The first-order chi connectivity index (χ1) is 12.1. The molecule has 130 valence electrons. The van der Waals surface area contributed by atoms with Crippen LogP contribution >= 0.6 is 0 Å². The zero-order valence-electron chi connectivity index (χ0n) is 13.8. The first-order valence-electron chi connectivity index (χ1n) is 7.97. The van der Waals surface area contributed by atoms with E-state index in [1.807, 2.05) is 12.1 Å². The summed E-state index contributed by atoms with van der Waals surface area (Å²) in [7, 11) is 1.36. The highest BCUT2D eigenvalue weighted by Crippen LogP contribution is 2.31. The first-order valence-corrected chi connectivity index (χ1v) is 7.97. The molecule has 0 spiro atoms. The molecule has 0 aliphatic carbocycles. The topological polar surface area (TPSA) is 64.6 Å². The highest BCUT2D eigenvalue weighted by Gasteiger charge is 2.31. The third-order valence-corrected chi connectivity index (χ3v) is 4.07. The summed E-state index contributed by atoms with van der Waals surface area (Å²) in [6.07, 6.45) is 0.477. The molecule has 0 bridgehead atoms. The van der Waals surface area contributed by atoms with Crippen molar-refractivity contribution >= 4 is 17.6 Å². The lowest BCUT2D eigenvalue weighted by Gasteiger charge is -2.12.